The van der Waals surface area contributed by atoms with Crippen LogP contribution in [0.2, 0.25) is 0 Å². The normalized spacial score (nSPS) is 20.1. The summed E-state index contributed by atoms with van der Waals surface area (Å²) in [6.07, 6.45) is 0.435. The Hall–Kier alpha value is -2.88. The number of imide groups is 1. The van der Waals surface area contributed by atoms with Crippen LogP contribution in [0.1, 0.15) is 31.4 Å². The van der Waals surface area contributed by atoms with E-state index < -0.39 is 30.0 Å². The van der Waals surface area contributed by atoms with Gasteiger partial charge in [-0.3, -0.25) is 14.5 Å². The van der Waals surface area contributed by atoms with Gasteiger partial charge in [0.2, 0.25) is 0 Å². The first kappa shape index (κ1) is 16.5. The lowest BCUT2D eigenvalue weighted by atomic mass is 9.99. The second-order valence-electron chi connectivity index (χ2n) is 5.48. The molecule has 1 saturated heterocycles. The molecule has 1 aliphatic heterocycles. The van der Waals surface area contributed by atoms with E-state index in [1.165, 1.54) is 0 Å². The molecule has 23 heavy (non-hydrogen) atoms. The smallest absolute Gasteiger partial charge is 0.326 e. The number of hydrogen-bond acceptors (Lipinski definition) is 5. The van der Waals surface area contributed by atoms with Gasteiger partial charge in [0, 0.05) is 0 Å². The fourth-order valence-electron chi connectivity index (χ4n) is 2.20. The van der Waals surface area contributed by atoms with E-state index in [9.17, 15) is 14.4 Å². The lowest BCUT2D eigenvalue weighted by molar-refractivity contribution is -0.148. The highest BCUT2D eigenvalue weighted by molar-refractivity contribution is 6.08. The number of nitrogens with one attached hydrogen (secondary N) is 1. The molecule has 3 amide bonds. The molecule has 1 N–H and O–H groups in total. The maximum absolute atomic E-state index is 12.2. The molecular formula is C16H17N3O4. The van der Waals surface area contributed by atoms with Gasteiger partial charge in [0.05, 0.1) is 11.6 Å². The number of benzene rings is 1. The highest BCUT2D eigenvalue weighted by Gasteiger charge is 2.47. The SMILES string of the molecule is CCC1(C)NC(=O)N(CC(=O)OCc2cccc(C#N)c2)C1=O. The zero-order valence-electron chi connectivity index (χ0n) is 13.0. The predicted molar refractivity (Wildman–Crippen MR) is 79.9 cm³/mol. The molecule has 0 aliphatic carbocycles. The van der Waals surface area contributed by atoms with E-state index in [1.54, 1.807) is 38.1 Å². The highest BCUT2D eigenvalue weighted by Crippen LogP contribution is 2.20. The first-order valence-corrected chi connectivity index (χ1v) is 7.18. The Morgan fingerprint density at radius 3 is 2.78 bits per heavy atom. The summed E-state index contributed by atoms with van der Waals surface area (Å²) in [5.41, 5.74) is 0.151. The van der Waals surface area contributed by atoms with Crippen LogP contribution in [0.4, 0.5) is 4.79 Å². The second kappa shape index (κ2) is 6.48. The lowest BCUT2D eigenvalue weighted by Crippen LogP contribution is -2.43. The molecule has 1 heterocycles. The van der Waals surface area contributed by atoms with Crippen molar-refractivity contribution in [2.45, 2.75) is 32.4 Å². The third-order valence-corrected chi connectivity index (χ3v) is 3.80. The minimum Gasteiger partial charge on any atom is -0.459 e. The van der Waals surface area contributed by atoms with Crippen molar-refractivity contribution in [3.05, 3.63) is 35.4 Å². The Morgan fingerprint density at radius 1 is 1.43 bits per heavy atom. The quantitative estimate of drug-likeness (QED) is 0.652. The summed E-state index contributed by atoms with van der Waals surface area (Å²) in [7, 11) is 0. The molecule has 1 aliphatic rings. The summed E-state index contributed by atoms with van der Waals surface area (Å²) in [6, 6.07) is 8.05. The van der Waals surface area contributed by atoms with Crippen LogP contribution < -0.4 is 5.32 Å². The first-order chi connectivity index (χ1) is 10.9. The van der Waals surface area contributed by atoms with Crippen LogP contribution in [0.5, 0.6) is 0 Å². The van der Waals surface area contributed by atoms with Gasteiger partial charge in [-0.15, -0.1) is 0 Å². The fraction of sp³-hybridized carbons (Fsp3) is 0.375. The van der Waals surface area contributed by atoms with Crippen molar-refractivity contribution >= 4 is 17.9 Å². The van der Waals surface area contributed by atoms with Crippen molar-refractivity contribution in [1.82, 2.24) is 10.2 Å². The van der Waals surface area contributed by atoms with E-state index in [4.69, 9.17) is 10.00 Å². The van der Waals surface area contributed by atoms with Gasteiger partial charge < -0.3 is 10.1 Å². The van der Waals surface area contributed by atoms with Crippen LogP contribution in [0.25, 0.3) is 0 Å². The summed E-state index contributed by atoms with van der Waals surface area (Å²) in [5, 5.41) is 11.4. The molecular weight excluding hydrogens is 298 g/mol. The van der Waals surface area contributed by atoms with Crippen molar-refractivity contribution in [2.75, 3.05) is 6.54 Å². The van der Waals surface area contributed by atoms with Gasteiger partial charge in [-0.2, -0.15) is 5.26 Å². The number of nitriles is 1. The number of ether oxygens (including phenoxy) is 1. The number of carbonyl (C=O) groups is 3. The Kier molecular flexibility index (Phi) is 4.65. The lowest BCUT2D eigenvalue weighted by Gasteiger charge is -2.18. The molecule has 1 atom stereocenters. The molecule has 1 aromatic carbocycles. The van der Waals surface area contributed by atoms with Crippen molar-refractivity contribution in [2.24, 2.45) is 0 Å². The van der Waals surface area contributed by atoms with Gasteiger partial charge in [0.15, 0.2) is 0 Å². The summed E-state index contributed by atoms with van der Waals surface area (Å²) < 4.78 is 5.07. The molecule has 120 valence electrons. The zero-order chi connectivity index (χ0) is 17.0. The number of hydrogen-bond donors (Lipinski definition) is 1. The average Bonchev–Trinajstić information content (AvgIpc) is 2.77. The minimum atomic E-state index is -0.974. The summed E-state index contributed by atoms with van der Waals surface area (Å²) in [6.45, 7) is 2.94. The van der Waals surface area contributed by atoms with Crippen LogP contribution in [0, 0.1) is 11.3 Å². The third kappa shape index (κ3) is 3.48. The summed E-state index contributed by atoms with van der Waals surface area (Å²) in [4.78, 5) is 36.7. The molecule has 1 aromatic rings. The molecule has 0 aromatic heterocycles. The summed E-state index contributed by atoms with van der Waals surface area (Å²) in [5.74, 6) is -1.12. The molecule has 0 spiro atoms. The molecule has 7 heteroatoms. The monoisotopic (exact) mass is 315 g/mol. The zero-order valence-corrected chi connectivity index (χ0v) is 13.0. The number of rotatable bonds is 5. The number of esters is 1. The molecule has 2 rings (SSSR count). The van der Waals surface area contributed by atoms with Gasteiger partial charge in [0.25, 0.3) is 5.91 Å². The maximum Gasteiger partial charge on any atom is 0.326 e. The highest BCUT2D eigenvalue weighted by atomic mass is 16.5. The van der Waals surface area contributed by atoms with Crippen LogP contribution in [-0.2, 0) is 20.9 Å². The molecule has 7 nitrogen and oxygen atoms in total. The number of urea groups is 1. The Bertz CT molecular complexity index is 695. The van der Waals surface area contributed by atoms with Crippen LogP contribution in [-0.4, -0.2) is 34.9 Å². The number of carbonyl (C=O) groups excluding carboxylic acids is 3. The van der Waals surface area contributed by atoms with Crippen LogP contribution in [0.15, 0.2) is 24.3 Å². The first-order valence-electron chi connectivity index (χ1n) is 7.18. The Morgan fingerprint density at radius 2 is 2.17 bits per heavy atom. The second-order valence-corrected chi connectivity index (χ2v) is 5.48. The number of nitrogens with zero attached hydrogens (tertiary/aromatic N) is 2. The average molecular weight is 315 g/mol. The van der Waals surface area contributed by atoms with E-state index in [-0.39, 0.29) is 6.61 Å². The van der Waals surface area contributed by atoms with Crippen molar-refractivity contribution in [1.29, 1.82) is 5.26 Å². The maximum atomic E-state index is 12.2. The molecule has 0 bridgehead atoms. The topological polar surface area (TPSA) is 99.5 Å². The van der Waals surface area contributed by atoms with E-state index in [0.29, 0.717) is 17.5 Å². The molecule has 0 radical (unpaired) electrons. The Balaban J connectivity index is 1.94. The minimum absolute atomic E-state index is 0.0248. The van der Waals surface area contributed by atoms with E-state index in [2.05, 4.69) is 5.32 Å². The molecule has 1 fully saturated rings. The van der Waals surface area contributed by atoms with E-state index >= 15 is 0 Å². The van der Waals surface area contributed by atoms with Crippen molar-refractivity contribution in [3.63, 3.8) is 0 Å². The van der Waals surface area contributed by atoms with E-state index in [0.717, 1.165) is 4.90 Å². The van der Waals surface area contributed by atoms with Crippen LogP contribution in [0.3, 0.4) is 0 Å². The van der Waals surface area contributed by atoms with E-state index in [1.807, 2.05) is 6.07 Å². The summed E-state index contributed by atoms with van der Waals surface area (Å²) >= 11 is 0. The number of amides is 3. The fourth-order valence-corrected chi connectivity index (χ4v) is 2.20. The molecule has 0 saturated carbocycles. The predicted octanol–water partition coefficient (Wildman–Crippen LogP) is 1.32. The Labute approximate surface area is 133 Å². The van der Waals surface area contributed by atoms with Gasteiger partial charge >= 0.3 is 12.0 Å². The van der Waals surface area contributed by atoms with Gasteiger partial charge in [-0.05, 0) is 31.0 Å². The molecule has 1 unspecified atom stereocenters. The van der Waals surface area contributed by atoms with Gasteiger partial charge in [0.1, 0.15) is 18.7 Å². The standard InChI is InChI=1S/C16H17N3O4/c1-3-16(2)14(21)19(15(22)18-16)9-13(20)23-10-12-6-4-5-11(7-12)8-17/h4-7H,3,9-10H2,1-2H3,(H,18,22). The van der Waals surface area contributed by atoms with Crippen LogP contribution >= 0.6 is 0 Å². The van der Waals surface area contributed by atoms with Crippen molar-refractivity contribution in [3.8, 4) is 6.07 Å². The van der Waals surface area contributed by atoms with Crippen molar-refractivity contribution < 1.29 is 19.1 Å². The largest absolute Gasteiger partial charge is 0.459 e. The third-order valence-electron chi connectivity index (χ3n) is 3.80. The van der Waals surface area contributed by atoms with Gasteiger partial charge in [-0.25, -0.2) is 4.79 Å². The van der Waals surface area contributed by atoms with Gasteiger partial charge in [-0.1, -0.05) is 19.1 Å².